The zero-order chi connectivity index (χ0) is 20.0. The van der Waals surface area contributed by atoms with Crippen molar-refractivity contribution >= 4 is 23.5 Å². The molecular weight excluding hydrogens is 356 g/mol. The van der Waals surface area contributed by atoms with Gasteiger partial charge >= 0.3 is 6.03 Å². The smallest absolute Gasteiger partial charge is 0.323 e. The van der Waals surface area contributed by atoms with Gasteiger partial charge in [0.15, 0.2) is 0 Å². The number of carbonyl (C=O) groups excluding carboxylic acids is 3. The van der Waals surface area contributed by atoms with Crippen LogP contribution in [0.3, 0.4) is 0 Å². The van der Waals surface area contributed by atoms with Crippen LogP contribution in [-0.2, 0) is 9.59 Å². The molecule has 1 fully saturated rings. The minimum Gasteiger partial charge on any atom is -0.323 e. The molecule has 0 radical (unpaired) electrons. The van der Waals surface area contributed by atoms with Crippen LogP contribution in [0, 0.1) is 11.6 Å². The molecule has 0 saturated carbocycles. The van der Waals surface area contributed by atoms with E-state index in [2.05, 4.69) is 17.6 Å². The Bertz CT molecular complexity index is 726. The molecule has 2 rings (SSSR count). The monoisotopic (exact) mass is 381 g/mol. The Kier molecular flexibility index (Phi) is 6.87. The lowest BCUT2D eigenvalue weighted by Gasteiger charge is -2.21. The number of unbranched alkanes of at least 4 members (excludes halogenated alkanes) is 4. The third kappa shape index (κ3) is 5.24. The largest absolute Gasteiger partial charge is 0.325 e. The zero-order valence-corrected chi connectivity index (χ0v) is 15.6. The number of anilines is 1. The molecule has 27 heavy (non-hydrogen) atoms. The van der Waals surface area contributed by atoms with E-state index in [0.29, 0.717) is 12.5 Å². The quantitative estimate of drug-likeness (QED) is 0.507. The van der Waals surface area contributed by atoms with Gasteiger partial charge < -0.3 is 10.6 Å². The second-order valence-corrected chi connectivity index (χ2v) is 6.99. The van der Waals surface area contributed by atoms with Crippen LogP contribution in [0.15, 0.2) is 18.2 Å². The van der Waals surface area contributed by atoms with Crippen molar-refractivity contribution in [1.82, 2.24) is 10.2 Å². The first kappa shape index (κ1) is 20.8. The predicted octanol–water partition coefficient (Wildman–Crippen LogP) is 3.57. The van der Waals surface area contributed by atoms with Gasteiger partial charge in [0.2, 0.25) is 5.91 Å². The standard InChI is InChI=1S/C19H25F2N3O3/c1-3-4-5-6-7-10-19(2)17(26)24(18(27)23-19)12-16(25)22-15-9-8-13(20)11-14(15)21/h8-9,11H,3-7,10,12H2,1-2H3,(H,22,25)(H,23,27)/t19-/m0/s1. The van der Waals surface area contributed by atoms with Crippen molar-refractivity contribution in [1.29, 1.82) is 0 Å². The molecule has 1 saturated heterocycles. The number of benzene rings is 1. The first-order valence-corrected chi connectivity index (χ1v) is 9.16. The molecule has 0 spiro atoms. The summed E-state index contributed by atoms with van der Waals surface area (Å²) >= 11 is 0. The van der Waals surface area contributed by atoms with Gasteiger partial charge in [0.05, 0.1) is 5.69 Å². The summed E-state index contributed by atoms with van der Waals surface area (Å²) in [6, 6.07) is 2.07. The predicted molar refractivity (Wildman–Crippen MR) is 97.0 cm³/mol. The van der Waals surface area contributed by atoms with Crippen LogP contribution < -0.4 is 10.6 Å². The topological polar surface area (TPSA) is 78.5 Å². The van der Waals surface area contributed by atoms with E-state index in [1.54, 1.807) is 6.92 Å². The van der Waals surface area contributed by atoms with E-state index >= 15 is 0 Å². The number of nitrogens with zero attached hydrogens (tertiary/aromatic N) is 1. The number of urea groups is 1. The van der Waals surface area contributed by atoms with E-state index in [1.807, 2.05) is 0 Å². The van der Waals surface area contributed by atoms with Crippen molar-refractivity contribution in [2.45, 2.75) is 57.9 Å². The number of nitrogens with one attached hydrogen (secondary N) is 2. The lowest BCUT2D eigenvalue weighted by Crippen LogP contribution is -2.44. The third-order valence-electron chi connectivity index (χ3n) is 4.63. The summed E-state index contributed by atoms with van der Waals surface area (Å²) in [6.45, 7) is 3.22. The summed E-state index contributed by atoms with van der Waals surface area (Å²) in [5.41, 5.74) is -1.25. The number of amides is 4. The highest BCUT2D eigenvalue weighted by molar-refractivity contribution is 6.09. The Morgan fingerprint density at radius 2 is 1.89 bits per heavy atom. The number of halogens is 2. The molecule has 1 aromatic rings. The first-order valence-electron chi connectivity index (χ1n) is 9.16. The summed E-state index contributed by atoms with van der Waals surface area (Å²) in [5.74, 6) is -2.92. The van der Waals surface area contributed by atoms with Crippen molar-refractivity contribution in [3.8, 4) is 0 Å². The number of carbonyl (C=O) groups is 3. The van der Waals surface area contributed by atoms with Gasteiger partial charge in [0.25, 0.3) is 5.91 Å². The highest BCUT2D eigenvalue weighted by Gasteiger charge is 2.47. The van der Waals surface area contributed by atoms with Gasteiger partial charge in [0.1, 0.15) is 23.7 Å². The summed E-state index contributed by atoms with van der Waals surface area (Å²) in [4.78, 5) is 37.6. The van der Waals surface area contributed by atoms with Gasteiger partial charge in [0, 0.05) is 6.07 Å². The van der Waals surface area contributed by atoms with Gasteiger partial charge in [-0.3, -0.25) is 14.5 Å². The van der Waals surface area contributed by atoms with Gasteiger partial charge in [-0.25, -0.2) is 13.6 Å². The second-order valence-electron chi connectivity index (χ2n) is 6.99. The number of hydrogen-bond donors (Lipinski definition) is 2. The second kappa shape index (κ2) is 8.92. The average molecular weight is 381 g/mol. The minimum atomic E-state index is -1.04. The summed E-state index contributed by atoms with van der Waals surface area (Å²) in [5, 5.41) is 4.89. The SMILES string of the molecule is CCCCCCC[C@]1(C)NC(=O)N(CC(=O)Nc2ccc(F)cc2F)C1=O. The van der Waals surface area contributed by atoms with Gasteiger partial charge in [-0.2, -0.15) is 0 Å². The summed E-state index contributed by atoms with van der Waals surface area (Å²) < 4.78 is 26.5. The highest BCUT2D eigenvalue weighted by Crippen LogP contribution is 2.24. The number of imide groups is 1. The van der Waals surface area contributed by atoms with Crippen LogP contribution in [-0.4, -0.2) is 34.8 Å². The van der Waals surface area contributed by atoms with Gasteiger partial charge in [-0.15, -0.1) is 0 Å². The van der Waals surface area contributed by atoms with Gasteiger partial charge in [-0.05, 0) is 25.5 Å². The molecule has 0 bridgehead atoms. The maximum absolute atomic E-state index is 13.6. The average Bonchev–Trinajstić information content (AvgIpc) is 2.81. The number of rotatable bonds is 9. The molecule has 1 aliphatic heterocycles. The van der Waals surface area contributed by atoms with Crippen molar-refractivity contribution in [2.75, 3.05) is 11.9 Å². The maximum Gasteiger partial charge on any atom is 0.325 e. The molecule has 0 aromatic heterocycles. The summed E-state index contributed by atoms with van der Waals surface area (Å²) in [7, 11) is 0. The molecule has 1 aliphatic rings. The maximum atomic E-state index is 13.6. The highest BCUT2D eigenvalue weighted by atomic mass is 19.1. The van der Waals surface area contributed by atoms with Crippen molar-refractivity contribution in [2.24, 2.45) is 0 Å². The van der Waals surface area contributed by atoms with Gasteiger partial charge in [-0.1, -0.05) is 39.0 Å². The van der Waals surface area contributed by atoms with E-state index in [0.717, 1.165) is 49.1 Å². The van der Waals surface area contributed by atoms with Crippen LogP contribution in [0.4, 0.5) is 19.3 Å². The Morgan fingerprint density at radius 1 is 1.19 bits per heavy atom. The van der Waals surface area contributed by atoms with Crippen LogP contribution in [0.2, 0.25) is 0 Å². The normalized spacial score (nSPS) is 19.3. The molecule has 2 N–H and O–H groups in total. The Morgan fingerprint density at radius 3 is 2.56 bits per heavy atom. The lowest BCUT2D eigenvalue weighted by atomic mass is 9.94. The molecule has 1 heterocycles. The fraction of sp³-hybridized carbons (Fsp3) is 0.526. The molecule has 6 nitrogen and oxygen atoms in total. The lowest BCUT2D eigenvalue weighted by molar-refractivity contribution is -0.133. The Hall–Kier alpha value is -2.51. The third-order valence-corrected chi connectivity index (χ3v) is 4.63. The fourth-order valence-corrected chi connectivity index (χ4v) is 3.07. The molecular formula is C19H25F2N3O3. The van der Waals surface area contributed by atoms with Crippen LogP contribution in [0.5, 0.6) is 0 Å². The Labute approximate surface area is 157 Å². The Balaban J connectivity index is 1.93. The molecule has 0 unspecified atom stereocenters. The van der Waals surface area contributed by atoms with E-state index < -0.39 is 41.6 Å². The van der Waals surface area contributed by atoms with Crippen LogP contribution in [0.25, 0.3) is 0 Å². The van der Waals surface area contributed by atoms with Crippen LogP contribution in [0.1, 0.15) is 52.4 Å². The summed E-state index contributed by atoms with van der Waals surface area (Å²) in [6.07, 6.45) is 5.57. The van der Waals surface area contributed by atoms with E-state index in [1.165, 1.54) is 0 Å². The minimum absolute atomic E-state index is 0.216. The fourth-order valence-electron chi connectivity index (χ4n) is 3.07. The van der Waals surface area contributed by atoms with E-state index in [-0.39, 0.29) is 5.69 Å². The molecule has 0 aliphatic carbocycles. The van der Waals surface area contributed by atoms with Crippen LogP contribution >= 0.6 is 0 Å². The van der Waals surface area contributed by atoms with E-state index in [9.17, 15) is 23.2 Å². The molecule has 4 amide bonds. The zero-order valence-electron chi connectivity index (χ0n) is 15.6. The van der Waals surface area contributed by atoms with Crippen molar-refractivity contribution < 1.29 is 23.2 Å². The molecule has 148 valence electrons. The first-order chi connectivity index (χ1) is 12.8. The van der Waals surface area contributed by atoms with Crippen molar-refractivity contribution in [3.63, 3.8) is 0 Å². The van der Waals surface area contributed by atoms with Crippen molar-refractivity contribution in [3.05, 3.63) is 29.8 Å². The molecule has 1 aromatic carbocycles. The molecule has 8 heteroatoms. The number of hydrogen-bond acceptors (Lipinski definition) is 3. The van der Waals surface area contributed by atoms with E-state index in [4.69, 9.17) is 0 Å². The molecule has 1 atom stereocenters.